The summed E-state index contributed by atoms with van der Waals surface area (Å²) in [5.74, 6) is 1.59. The summed E-state index contributed by atoms with van der Waals surface area (Å²) >= 11 is 0. The first-order valence-corrected chi connectivity index (χ1v) is 5.23. The molecule has 0 heterocycles. The van der Waals surface area contributed by atoms with Crippen LogP contribution in [-0.4, -0.2) is 36.0 Å². The minimum atomic E-state index is -0.600. The Morgan fingerprint density at radius 1 is 1.46 bits per heavy atom. The Morgan fingerprint density at radius 2 is 2.23 bits per heavy atom. The molecular weight excluding hydrogens is 166 g/mol. The van der Waals surface area contributed by atoms with Crippen molar-refractivity contribution in [2.24, 2.45) is 11.8 Å². The van der Waals surface area contributed by atoms with Crippen LogP contribution < -0.4 is 5.32 Å². The molecule has 0 spiro atoms. The lowest BCUT2D eigenvalue weighted by Crippen LogP contribution is -2.33. The third-order valence-corrected chi connectivity index (χ3v) is 3.04. The van der Waals surface area contributed by atoms with Crippen LogP contribution in [0.2, 0.25) is 0 Å². The van der Waals surface area contributed by atoms with Crippen molar-refractivity contribution in [2.75, 3.05) is 19.7 Å². The van der Waals surface area contributed by atoms with E-state index in [1.54, 1.807) is 0 Å². The Kier molecular flexibility index (Phi) is 4.70. The molecule has 1 fully saturated rings. The smallest absolute Gasteiger partial charge is 0.0894 e. The van der Waals surface area contributed by atoms with Crippen LogP contribution in [0.4, 0.5) is 0 Å². The van der Waals surface area contributed by atoms with Gasteiger partial charge in [-0.1, -0.05) is 19.8 Å². The molecule has 3 heteroatoms. The molecule has 78 valence electrons. The van der Waals surface area contributed by atoms with Crippen molar-refractivity contribution in [3.63, 3.8) is 0 Å². The fraction of sp³-hybridized carbons (Fsp3) is 1.00. The van der Waals surface area contributed by atoms with Crippen molar-refractivity contribution < 1.29 is 10.2 Å². The van der Waals surface area contributed by atoms with Gasteiger partial charge in [0.15, 0.2) is 0 Å². The van der Waals surface area contributed by atoms with E-state index in [1.807, 2.05) is 0 Å². The fourth-order valence-electron chi connectivity index (χ4n) is 2.03. The van der Waals surface area contributed by atoms with E-state index in [1.165, 1.54) is 19.3 Å². The molecule has 1 aliphatic rings. The maximum atomic E-state index is 9.09. The van der Waals surface area contributed by atoms with Gasteiger partial charge in [-0.3, -0.25) is 0 Å². The van der Waals surface area contributed by atoms with Gasteiger partial charge in [-0.2, -0.15) is 0 Å². The molecule has 0 amide bonds. The van der Waals surface area contributed by atoms with Gasteiger partial charge < -0.3 is 15.5 Å². The Morgan fingerprint density at radius 3 is 2.77 bits per heavy atom. The van der Waals surface area contributed by atoms with Crippen LogP contribution in [0, 0.1) is 11.8 Å². The maximum Gasteiger partial charge on any atom is 0.0894 e. The van der Waals surface area contributed by atoms with Crippen LogP contribution >= 0.6 is 0 Å². The topological polar surface area (TPSA) is 52.5 Å². The van der Waals surface area contributed by atoms with E-state index < -0.39 is 6.10 Å². The lowest BCUT2D eigenvalue weighted by molar-refractivity contribution is 0.0932. The van der Waals surface area contributed by atoms with E-state index in [4.69, 9.17) is 10.2 Å². The summed E-state index contributed by atoms with van der Waals surface area (Å²) < 4.78 is 0. The van der Waals surface area contributed by atoms with Gasteiger partial charge in [0.05, 0.1) is 12.7 Å². The third kappa shape index (κ3) is 3.63. The number of nitrogens with one attached hydrogen (secondary N) is 1. The van der Waals surface area contributed by atoms with Gasteiger partial charge in [0.25, 0.3) is 0 Å². The van der Waals surface area contributed by atoms with Gasteiger partial charge in [0.2, 0.25) is 0 Å². The van der Waals surface area contributed by atoms with Gasteiger partial charge in [0, 0.05) is 6.54 Å². The summed E-state index contributed by atoms with van der Waals surface area (Å²) in [6, 6.07) is 0. The highest BCUT2D eigenvalue weighted by Gasteiger charge is 2.22. The summed E-state index contributed by atoms with van der Waals surface area (Å²) in [5.41, 5.74) is 0. The first-order chi connectivity index (χ1) is 6.24. The lowest BCUT2D eigenvalue weighted by Gasteiger charge is -2.17. The maximum absolute atomic E-state index is 9.09. The van der Waals surface area contributed by atoms with E-state index in [0.717, 1.165) is 18.4 Å². The summed E-state index contributed by atoms with van der Waals surface area (Å²) in [6.07, 6.45) is 3.39. The van der Waals surface area contributed by atoms with Crippen LogP contribution in [0.3, 0.4) is 0 Å². The number of aliphatic hydroxyl groups is 2. The minimum absolute atomic E-state index is 0.146. The van der Waals surface area contributed by atoms with E-state index in [2.05, 4.69) is 12.2 Å². The van der Waals surface area contributed by atoms with Gasteiger partial charge in [-0.05, 0) is 24.8 Å². The number of hydrogen-bond acceptors (Lipinski definition) is 3. The molecule has 0 aromatic heterocycles. The third-order valence-electron chi connectivity index (χ3n) is 3.04. The van der Waals surface area contributed by atoms with Crippen LogP contribution in [0.15, 0.2) is 0 Å². The highest BCUT2D eigenvalue weighted by atomic mass is 16.3. The fourth-order valence-corrected chi connectivity index (χ4v) is 2.03. The second-order valence-corrected chi connectivity index (χ2v) is 4.16. The molecule has 0 aromatic rings. The highest BCUT2D eigenvalue weighted by molar-refractivity contribution is 4.76. The van der Waals surface area contributed by atoms with Crippen molar-refractivity contribution in [3.05, 3.63) is 0 Å². The summed E-state index contributed by atoms with van der Waals surface area (Å²) in [7, 11) is 0. The summed E-state index contributed by atoms with van der Waals surface area (Å²) in [6.45, 7) is 3.65. The molecule has 3 N–H and O–H groups in total. The molecule has 0 bridgehead atoms. The molecule has 1 rings (SSSR count). The molecule has 13 heavy (non-hydrogen) atoms. The quantitative estimate of drug-likeness (QED) is 0.582. The van der Waals surface area contributed by atoms with Crippen molar-refractivity contribution in [1.29, 1.82) is 0 Å². The van der Waals surface area contributed by atoms with Gasteiger partial charge >= 0.3 is 0 Å². The van der Waals surface area contributed by atoms with Gasteiger partial charge in [-0.25, -0.2) is 0 Å². The van der Waals surface area contributed by atoms with Crippen molar-refractivity contribution >= 4 is 0 Å². The monoisotopic (exact) mass is 187 g/mol. The first kappa shape index (κ1) is 11.0. The normalized spacial score (nSPS) is 30.7. The van der Waals surface area contributed by atoms with Gasteiger partial charge in [-0.15, -0.1) is 0 Å². The number of hydrogen-bond donors (Lipinski definition) is 3. The Hall–Kier alpha value is -0.120. The zero-order chi connectivity index (χ0) is 9.68. The van der Waals surface area contributed by atoms with Crippen molar-refractivity contribution in [2.45, 2.75) is 32.3 Å². The molecule has 0 aliphatic heterocycles. The Bertz CT molecular complexity index is 141. The van der Waals surface area contributed by atoms with E-state index in [-0.39, 0.29) is 6.61 Å². The predicted molar refractivity (Wildman–Crippen MR) is 52.5 cm³/mol. The zero-order valence-electron chi connectivity index (χ0n) is 8.37. The van der Waals surface area contributed by atoms with Crippen LogP contribution in [0.1, 0.15) is 26.2 Å². The first-order valence-electron chi connectivity index (χ1n) is 5.23. The lowest BCUT2D eigenvalue weighted by atomic mass is 9.98. The van der Waals surface area contributed by atoms with Crippen molar-refractivity contribution in [1.82, 2.24) is 5.32 Å². The Labute approximate surface area is 80.2 Å². The summed E-state index contributed by atoms with van der Waals surface area (Å²) in [4.78, 5) is 0. The van der Waals surface area contributed by atoms with E-state index in [0.29, 0.717) is 6.54 Å². The SMILES string of the molecule is CC1CCCC1CNCC(O)CO. The molecule has 0 saturated heterocycles. The van der Waals surface area contributed by atoms with Gasteiger partial charge in [0.1, 0.15) is 0 Å². The molecule has 3 nitrogen and oxygen atoms in total. The Balaban J connectivity index is 2.05. The van der Waals surface area contributed by atoms with Crippen LogP contribution in [0.5, 0.6) is 0 Å². The average Bonchev–Trinajstić information content (AvgIpc) is 2.52. The molecule has 1 saturated carbocycles. The molecule has 3 unspecified atom stereocenters. The molecular formula is C10H21NO2. The molecule has 0 aromatic carbocycles. The molecule has 0 radical (unpaired) electrons. The largest absolute Gasteiger partial charge is 0.394 e. The van der Waals surface area contributed by atoms with E-state index in [9.17, 15) is 0 Å². The predicted octanol–water partition coefficient (Wildman–Crippen LogP) is 0.365. The molecule has 3 atom stereocenters. The standard InChI is InChI=1S/C10H21NO2/c1-8-3-2-4-9(8)5-11-6-10(13)7-12/h8-13H,2-7H2,1H3. The van der Waals surface area contributed by atoms with Crippen molar-refractivity contribution in [3.8, 4) is 0 Å². The zero-order valence-corrected chi connectivity index (χ0v) is 8.37. The van der Waals surface area contributed by atoms with Crippen LogP contribution in [-0.2, 0) is 0 Å². The molecule has 1 aliphatic carbocycles. The minimum Gasteiger partial charge on any atom is -0.394 e. The average molecular weight is 187 g/mol. The van der Waals surface area contributed by atoms with Crippen LogP contribution in [0.25, 0.3) is 0 Å². The number of rotatable bonds is 5. The highest BCUT2D eigenvalue weighted by Crippen LogP contribution is 2.30. The second kappa shape index (κ2) is 5.58. The van der Waals surface area contributed by atoms with E-state index >= 15 is 0 Å². The summed E-state index contributed by atoms with van der Waals surface area (Å²) in [5, 5.41) is 20.9. The number of aliphatic hydroxyl groups excluding tert-OH is 2. The second-order valence-electron chi connectivity index (χ2n) is 4.16.